The molecule has 1 aromatic carbocycles. The second-order valence-corrected chi connectivity index (χ2v) is 3.58. The van der Waals surface area contributed by atoms with Gasteiger partial charge in [0.15, 0.2) is 0 Å². The average molecular weight is 223 g/mol. The molecule has 3 nitrogen and oxygen atoms in total. The number of nitriles is 1. The number of carbonyl (C=O) groups is 1. The van der Waals surface area contributed by atoms with Gasteiger partial charge in [-0.05, 0) is 24.6 Å². The summed E-state index contributed by atoms with van der Waals surface area (Å²) in [6, 6.07) is 7.23. The highest BCUT2D eigenvalue weighted by molar-refractivity contribution is 6.31. The second kappa shape index (κ2) is 5.38. The van der Waals surface area contributed by atoms with Gasteiger partial charge in [-0.2, -0.15) is 5.26 Å². The molecule has 1 rings (SSSR count). The Morgan fingerprint density at radius 2 is 2.33 bits per heavy atom. The molecule has 0 atom stereocenters. The molecule has 0 fully saturated rings. The smallest absolute Gasteiger partial charge is 0.225 e. The first-order valence-electron chi connectivity index (χ1n) is 4.56. The average Bonchev–Trinajstić information content (AvgIpc) is 2.20. The topological polar surface area (TPSA) is 52.9 Å². The van der Waals surface area contributed by atoms with Crippen LogP contribution in [0.4, 0.5) is 5.69 Å². The number of anilines is 1. The number of carbonyl (C=O) groups excluding carboxylic acids is 1. The Balaban J connectivity index is 2.62. The van der Waals surface area contributed by atoms with Crippen molar-refractivity contribution in [1.82, 2.24) is 0 Å². The zero-order valence-electron chi connectivity index (χ0n) is 8.38. The minimum Gasteiger partial charge on any atom is -0.326 e. The number of amides is 1. The first-order valence-corrected chi connectivity index (χ1v) is 4.94. The molecule has 0 aliphatic heterocycles. The van der Waals surface area contributed by atoms with E-state index in [1.54, 1.807) is 12.1 Å². The molecule has 0 aliphatic carbocycles. The Bertz CT molecular complexity index is 410. The van der Waals surface area contributed by atoms with E-state index in [9.17, 15) is 4.79 Å². The van der Waals surface area contributed by atoms with Crippen LogP contribution in [0.3, 0.4) is 0 Å². The van der Waals surface area contributed by atoms with Crippen molar-refractivity contribution in [1.29, 1.82) is 5.26 Å². The highest BCUT2D eigenvalue weighted by atomic mass is 35.5. The van der Waals surface area contributed by atoms with E-state index in [4.69, 9.17) is 16.9 Å². The van der Waals surface area contributed by atoms with Crippen LogP contribution in [0, 0.1) is 18.3 Å². The lowest BCUT2D eigenvalue weighted by Gasteiger charge is -2.05. The van der Waals surface area contributed by atoms with E-state index >= 15 is 0 Å². The van der Waals surface area contributed by atoms with E-state index < -0.39 is 0 Å². The fourth-order valence-electron chi connectivity index (χ4n) is 1.06. The van der Waals surface area contributed by atoms with Gasteiger partial charge in [-0.25, -0.2) is 0 Å². The lowest BCUT2D eigenvalue weighted by Crippen LogP contribution is -2.10. The second-order valence-electron chi connectivity index (χ2n) is 3.17. The third-order valence-electron chi connectivity index (χ3n) is 1.92. The van der Waals surface area contributed by atoms with Crippen molar-refractivity contribution >= 4 is 23.2 Å². The van der Waals surface area contributed by atoms with Crippen LogP contribution in [0.1, 0.15) is 18.4 Å². The van der Waals surface area contributed by atoms with Crippen molar-refractivity contribution < 1.29 is 4.79 Å². The van der Waals surface area contributed by atoms with Crippen molar-refractivity contribution in [3.05, 3.63) is 28.8 Å². The predicted octanol–water partition coefficient (Wildman–Crippen LogP) is 2.89. The summed E-state index contributed by atoms with van der Waals surface area (Å²) in [4.78, 5) is 11.3. The van der Waals surface area contributed by atoms with Crippen LogP contribution in [-0.2, 0) is 4.79 Å². The van der Waals surface area contributed by atoms with E-state index in [2.05, 4.69) is 5.32 Å². The number of nitrogens with zero attached hydrogens (tertiary/aromatic N) is 1. The monoisotopic (exact) mass is 222 g/mol. The van der Waals surface area contributed by atoms with Gasteiger partial charge in [0.1, 0.15) is 0 Å². The molecule has 15 heavy (non-hydrogen) atoms. The SMILES string of the molecule is Cc1ccc(NC(=O)CCC#N)cc1Cl. The van der Waals surface area contributed by atoms with Gasteiger partial charge in [0.25, 0.3) is 0 Å². The Hall–Kier alpha value is -1.53. The zero-order valence-corrected chi connectivity index (χ0v) is 9.14. The van der Waals surface area contributed by atoms with Crippen molar-refractivity contribution in [2.45, 2.75) is 19.8 Å². The number of hydrogen-bond acceptors (Lipinski definition) is 2. The van der Waals surface area contributed by atoms with Crippen molar-refractivity contribution in [2.75, 3.05) is 5.32 Å². The van der Waals surface area contributed by atoms with Crippen molar-refractivity contribution in [3.63, 3.8) is 0 Å². The van der Waals surface area contributed by atoms with Crippen LogP contribution in [-0.4, -0.2) is 5.91 Å². The summed E-state index contributed by atoms with van der Waals surface area (Å²) in [5.41, 5.74) is 1.63. The molecule has 0 saturated heterocycles. The number of rotatable bonds is 3. The Kier molecular flexibility index (Phi) is 4.14. The lowest BCUT2D eigenvalue weighted by molar-refractivity contribution is -0.116. The molecule has 1 N–H and O–H groups in total. The van der Waals surface area contributed by atoms with E-state index in [-0.39, 0.29) is 18.7 Å². The number of hydrogen-bond donors (Lipinski definition) is 1. The summed E-state index contributed by atoms with van der Waals surface area (Å²) in [6.07, 6.45) is 0.438. The molecule has 78 valence electrons. The third-order valence-corrected chi connectivity index (χ3v) is 2.33. The number of benzene rings is 1. The largest absolute Gasteiger partial charge is 0.326 e. The molecule has 0 saturated carbocycles. The van der Waals surface area contributed by atoms with E-state index in [0.717, 1.165) is 5.56 Å². The third kappa shape index (κ3) is 3.61. The molecule has 0 unspecified atom stereocenters. The molecular weight excluding hydrogens is 212 g/mol. The highest BCUT2D eigenvalue weighted by Crippen LogP contribution is 2.19. The Morgan fingerprint density at radius 1 is 1.60 bits per heavy atom. The van der Waals surface area contributed by atoms with Crippen LogP contribution in [0.15, 0.2) is 18.2 Å². The number of nitrogens with one attached hydrogen (secondary N) is 1. The first-order chi connectivity index (χ1) is 7.13. The quantitative estimate of drug-likeness (QED) is 0.855. The maximum absolute atomic E-state index is 11.3. The van der Waals surface area contributed by atoms with Crippen molar-refractivity contribution in [3.8, 4) is 6.07 Å². The summed E-state index contributed by atoms with van der Waals surface area (Å²) in [5.74, 6) is -0.170. The standard InChI is InChI=1S/C11H11ClN2O/c1-8-4-5-9(7-10(8)12)14-11(15)3-2-6-13/h4-5,7H,2-3H2,1H3,(H,14,15). The van der Waals surface area contributed by atoms with Crippen LogP contribution >= 0.6 is 11.6 Å². The fraction of sp³-hybridized carbons (Fsp3) is 0.273. The molecule has 0 heterocycles. The normalized spacial score (nSPS) is 9.40. The van der Waals surface area contributed by atoms with Gasteiger partial charge in [-0.15, -0.1) is 0 Å². The van der Waals surface area contributed by atoms with E-state index in [0.29, 0.717) is 10.7 Å². The number of aryl methyl sites for hydroxylation is 1. The maximum atomic E-state index is 11.3. The van der Waals surface area contributed by atoms with Gasteiger partial charge in [-0.3, -0.25) is 4.79 Å². The molecule has 1 amide bonds. The maximum Gasteiger partial charge on any atom is 0.225 e. The number of halogens is 1. The summed E-state index contributed by atoms with van der Waals surface area (Å²) in [7, 11) is 0. The van der Waals surface area contributed by atoms with E-state index in [1.807, 2.05) is 19.1 Å². The van der Waals surface area contributed by atoms with Gasteiger partial charge < -0.3 is 5.32 Å². The minimum atomic E-state index is -0.170. The van der Waals surface area contributed by atoms with Crippen LogP contribution in [0.25, 0.3) is 0 Å². The molecule has 0 radical (unpaired) electrons. The molecule has 4 heteroatoms. The molecule has 0 bridgehead atoms. The first kappa shape index (κ1) is 11.5. The summed E-state index contributed by atoms with van der Waals surface area (Å²) < 4.78 is 0. The van der Waals surface area contributed by atoms with Crippen LogP contribution in [0.5, 0.6) is 0 Å². The van der Waals surface area contributed by atoms with Gasteiger partial charge in [-0.1, -0.05) is 17.7 Å². The molecular formula is C11H11ClN2O. The predicted molar refractivity (Wildman–Crippen MR) is 59.7 cm³/mol. The summed E-state index contributed by atoms with van der Waals surface area (Å²) in [6.45, 7) is 1.89. The van der Waals surface area contributed by atoms with E-state index in [1.165, 1.54) is 0 Å². The Morgan fingerprint density at radius 3 is 2.93 bits per heavy atom. The summed E-state index contributed by atoms with van der Waals surface area (Å²) >= 11 is 5.90. The molecule has 0 aliphatic rings. The molecule has 0 spiro atoms. The van der Waals surface area contributed by atoms with Gasteiger partial charge in [0.05, 0.1) is 6.07 Å². The minimum absolute atomic E-state index is 0.170. The molecule has 1 aromatic rings. The zero-order chi connectivity index (χ0) is 11.3. The van der Waals surface area contributed by atoms with Crippen LogP contribution in [0.2, 0.25) is 5.02 Å². The van der Waals surface area contributed by atoms with Crippen molar-refractivity contribution in [2.24, 2.45) is 0 Å². The van der Waals surface area contributed by atoms with Gasteiger partial charge >= 0.3 is 0 Å². The summed E-state index contributed by atoms with van der Waals surface area (Å²) in [5, 5.41) is 11.6. The fourth-order valence-corrected chi connectivity index (χ4v) is 1.24. The van der Waals surface area contributed by atoms with Crippen LogP contribution < -0.4 is 5.32 Å². The highest BCUT2D eigenvalue weighted by Gasteiger charge is 2.03. The van der Waals surface area contributed by atoms with Gasteiger partial charge in [0, 0.05) is 23.6 Å². The van der Waals surface area contributed by atoms with Gasteiger partial charge in [0.2, 0.25) is 5.91 Å². The Labute approximate surface area is 93.7 Å². The lowest BCUT2D eigenvalue weighted by atomic mass is 10.2. The molecule has 0 aromatic heterocycles.